The van der Waals surface area contributed by atoms with Crippen molar-refractivity contribution in [3.05, 3.63) is 52.8 Å². The summed E-state index contributed by atoms with van der Waals surface area (Å²) in [6, 6.07) is 8.61. The molecule has 1 fully saturated rings. The molecule has 2 N–H and O–H groups in total. The fraction of sp³-hybridized carbons (Fsp3) is 0.375. The molecule has 2 heterocycles. The van der Waals surface area contributed by atoms with Crippen molar-refractivity contribution in [1.82, 2.24) is 0 Å². The molecule has 4 rings (SSSR count). The van der Waals surface area contributed by atoms with Crippen molar-refractivity contribution >= 4 is 11.9 Å². The monoisotopic (exact) mass is 410 g/mol. The van der Waals surface area contributed by atoms with Crippen LogP contribution in [0.25, 0.3) is 6.08 Å². The number of nitrogens with one attached hydrogen (secondary N) is 1. The molecule has 1 saturated heterocycles. The normalized spacial score (nSPS) is 22.0. The molecule has 2 aliphatic heterocycles. The standard InChI is InChI=1S/C24H27NO5/c1-15-8-10-25(11-9-15)14-19-20(26)6-5-18-23(27)22(30-24(18)19)13-16-12-17(28-2)4-7-21(16)29-3/h4-7,12-13,15,26H,8-11,14H2,1-3H3/p+1/b22-13-. The summed E-state index contributed by atoms with van der Waals surface area (Å²) >= 11 is 0. The molecule has 30 heavy (non-hydrogen) atoms. The van der Waals surface area contributed by atoms with Crippen LogP contribution in [0.5, 0.6) is 23.0 Å². The maximum atomic E-state index is 13.0. The lowest BCUT2D eigenvalue weighted by Gasteiger charge is -2.27. The van der Waals surface area contributed by atoms with Crippen LogP contribution in [-0.2, 0) is 6.54 Å². The number of phenols is 1. The molecule has 0 unspecified atom stereocenters. The third-order valence-electron chi connectivity index (χ3n) is 6.05. The van der Waals surface area contributed by atoms with Crippen molar-refractivity contribution in [3.63, 3.8) is 0 Å². The third-order valence-corrected chi connectivity index (χ3v) is 6.05. The minimum Gasteiger partial charge on any atom is -0.507 e. The van der Waals surface area contributed by atoms with Gasteiger partial charge in [-0.15, -0.1) is 0 Å². The van der Waals surface area contributed by atoms with Crippen molar-refractivity contribution in [1.29, 1.82) is 0 Å². The number of allylic oxidation sites excluding steroid dienone is 1. The first-order valence-corrected chi connectivity index (χ1v) is 10.3. The number of likely N-dealkylation sites (tertiary alicyclic amines) is 1. The number of carbonyl (C=O) groups excluding carboxylic acids is 1. The lowest BCUT2D eigenvalue weighted by atomic mass is 9.98. The first kappa shape index (κ1) is 20.3. The van der Waals surface area contributed by atoms with Crippen molar-refractivity contribution in [2.75, 3.05) is 27.3 Å². The zero-order chi connectivity index (χ0) is 21.3. The number of quaternary nitrogens is 1. The van der Waals surface area contributed by atoms with Crippen LogP contribution in [0, 0.1) is 5.92 Å². The summed E-state index contributed by atoms with van der Waals surface area (Å²) in [7, 11) is 3.17. The number of ether oxygens (including phenoxy) is 3. The van der Waals surface area contributed by atoms with Crippen LogP contribution in [0.15, 0.2) is 36.1 Å². The Labute approximate surface area is 176 Å². The topological polar surface area (TPSA) is 69.4 Å². The Morgan fingerprint density at radius 1 is 1.17 bits per heavy atom. The van der Waals surface area contributed by atoms with E-state index in [0.29, 0.717) is 40.5 Å². The molecule has 2 aromatic rings. The van der Waals surface area contributed by atoms with E-state index in [1.165, 1.54) is 17.7 Å². The largest absolute Gasteiger partial charge is 0.507 e. The van der Waals surface area contributed by atoms with Gasteiger partial charge in [-0.2, -0.15) is 0 Å². The highest BCUT2D eigenvalue weighted by atomic mass is 16.5. The SMILES string of the molecule is COc1ccc(OC)c(/C=C2\Oc3c(ccc(O)c3C[NH+]3CCC(C)CC3)C2=O)c1. The minimum absolute atomic E-state index is 0.174. The Morgan fingerprint density at radius 3 is 2.63 bits per heavy atom. The maximum absolute atomic E-state index is 13.0. The zero-order valence-corrected chi connectivity index (χ0v) is 17.7. The Bertz CT molecular complexity index is 989. The number of hydrogen-bond donors (Lipinski definition) is 2. The molecule has 2 aliphatic rings. The van der Waals surface area contributed by atoms with Gasteiger partial charge in [-0.25, -0.2) is 0 Å². The quantitative estimate of drug-likeness (QED) is 0.742. The number of phenolic OH excluding ortho intramolecular Hbond substituents is 1. The van der Waals surface area contributed by atoms with Crippen molar-refractivity contribution in [3.8, 4) is 23.0 Å². The highest BCUT2D eigenvalue weighted by Crippen LogP contribution is 2.40. The average molecular weight is 410 g/mol. The zero-order valence-electron chi connectivity index (χ0n) is 17.7. The van der Waals surface area contributed by atoms with Gasteiger partial charge < -0.3 is 24.2 Å². The third kappa shape index (κ3) is 3.87. The number of methoxy groups -OCH3 is 2. The summed E-state index contributed by atoms with van der Waals surface area (Å²) in [5, 5.41) is 10.5. The van der Waals surface area contributed by atoms with Gasteiger partial charge in [0.2, 0.25) is 5.78 Å². The molecule has 0 spiro atoms. The average Bonchev–Trinajstić information content (AvgIpc) is 3.07. The van der Waals surface area contributed by atoms with E-state index in [0.717, 1.165) is 19.0 Å². The van der Waals surface area contributed by atoms with E-state index in [2.05, 4.69) is 6.92 Å². The highest BCUT2D eigenvalue weighted by Gasteiger charge is 2.33. The van der Waals surface area contributed by atoms with Crippen LogP contribution in [0.1, 0.15) is 41.3 Å². The smallest absolute Gasteiger partial charge is 0.231 e. The number of aromatic hydroxyl groups is 1. The van der Waals surface area contributed by atoms with Gasteiger partial charge in [0.1, 0.15) is 23.8 Å². The molecule has 0 aromatic heterocycles. The number of ketones is 1. The van der Waals surface area contributed by atoms with E-state index in [1.807, 2.05) is 0 Å². The maximum Gasteiger partial charge on any atom is 0.231 e. The van der Waals surface area contributed by atoms with Crippen LogP contribution < -0.4 is 19.1 Å². The fourth-order valence-electron chi connectivity index (χ4n) is 4.16. The molecular formula is C24H28NO5+. The Balaban J connectivity index is 1.65. The fourth-order valence-corrected chi connectivity index (χ4v) is 4.16. The van der Waals surface area contributed by atoms with E-state index in [1.54, 1.807) is 50.6 Å². The van der Waals surface area contributed by atoms with Crippen molar-refractivity contribution in [2.24, 2.45) is 5.92 Å². The number of carbonyl (C=O) groups is 1. The minimum atomic E-state index is -0.196. The van der Waals surface area contributed by atoms with Crippen LogP contribution >= 0.6 is 0 Å². The summed E-state index contributed by atoms with van der Waals surface area (Å²) in [6.07, 6.45) is 4.01. The Morgan fingerprint density at radius 2 is 1.93 bits per heavy atom. The highest BCUT2D eigenvalue weighted by molar-refractivity contribution is 6.15. The molecule has 0 radical (unpaired) electrons. The lowest BCUT2D eigenvalue weighted by Crippen LogP contribution is -3.11. The molecule has 158 valence electrons. The van der Waals surface area contributed by atoms with Crippen molar-refractivity contribution < 1.29 is 29.0 Å². The molecule has 0 aliphatic carbocycles. The molecule has 0 amide bonds. The van der Waals surface area contributed by atoms with Gasteiger partial charge in [0.15, 0.2) is 11.5 Å². The summed E-state index contributed by atoms with van der Waals surface area (Å²) in [5.41, 5.74) is 1.88. The second-order valence-corrected chi connectivity index (χ2v) is 8.10. The van der Waals surface area contributed by atoms with E-state index in [9.17, 15) is 9.90 Å². The van der Waals surface area contributed by atoms with Crippen LogP contribution in [0.3, 0.4) is 0 Å². The molecular weight excluding hydrogens is 382 g/mol. The number of Topliss-reactive ketones (excluding diaryl/α,β-unsaturated/α-hetero) is 1. The van der Waals surface area contributed by atoms with Gasteiger partial charge in [-0.3, -0.25) is 4.79 Å². The summed E-state index contributed by atoms with van der Waals surface area (Å²) < 4.78 is 16.7. The molecule has 0 bridgehead atoms. The van der Waals surface area contributed by atoms with E-state index in [-0.39, 0.29) is 17.3 Å². The molecule has 0 saturated carbocycles. The lowest BCUT2D eigenvalue weighted by molar-refractivity contribution is -0.919. The number of rotatable bonds is 5. The van der Waals surface area contributed by atoms with Gasteiger partial charge in [-0.05, 0) is 55.2 Å². The Kier molecular flexibility index (Phi) is 5.68. The summed E-state index contributed by atoms with van der Waals surface area (Å²) in [5.74, 6) is 2.68. The molecule has 6 heteroatoms. The predicted octanol–water partition coefficient (Wildman–Crippen LogP) is 2.84. The van der Waals surface area contributed by atoms with Gasteiger partial charge >= 0.3 is 0 Å². The number of hydrogen-bond acceptors (Lipinski definition) is 5. The Hall–Kier alpha value is -2.99. The van der Waals surface area contributed by atoms with Gasteiger partial charge in [0.25, 0.3) is 0 Å². The molecule has 2 aromatic carbocycles. The van der Waals surface area contributed by atoms with Crippen LogP contribution in [0.4, 0.5) is 0 Å². The molecule has 0 atom stereocenters. The second-order valence-electron chi connectivity index (χ2n) is 8.10. The summed E-state index contributed by atoms with van der Waals surface area (Å²) in [6.45, 7) is 5.04. The van der Waals surface area contributed by atoms with E-state index < -0.39 is 0 Å². The van der Waals surface area contributed by atoms with E-state index in [4.69, 9.17) is 14.2 Å². The molecule has 6 nitrogen and oxygen atoms in total. The number of benzene rings is 2. The van der Waals surface area contributed by atoms with Crippen LogP contribution in [-0.4, -0.2) is 38.2 Å². The van der Waals surface area contributed by atoms with E-state index >= 15 is 0 Å². The summed E-state index contributed by atoms with van der Waals surface area (Å²) in [4.78, 5) is 14.4. The van der Waals surface area contributed by atoms with Crippen molar-refractivity contribution in [2.45, 2.75) is 26.3 Å². The van der Waals surface area contributed by atoms with Gasteiger partial charge in [0.05, 0.1) is 38.4 Å². The first-order valence-electron chi connectivity index (χ1n) is 10.3. The number of fused-ring (bicyclic) bond motifs is 1. The first-order chi connectivity index (χ1) is 14.5. The van der Waals surface area contributed by atoms with Gasteiger partial charge in [0, 0.05) is 5.56 Å². The van der Waals surface area contributed by atoms with Crippen LogP contribution in [0.2, 0.25) is 0 Å². The number of piperidine rings is 1. The second kappa shape index (κ2) is 8.40. The van der Waals surface area contributed by atoms with Gasteiger partial charge in [-0.1, -0.05) is 6.92 Å². The predicted molar refractivity (Wildman–Crippen MR) is 113 cm³/mol.